The Labute approximate surface area is 211 Å². The first-order valence-corrected chi connectivity index (χ1v) is 11.0. The van der Waals surface area contributed by atoms with Gasteiger partial charge in [-0.15, -0.1) is 0 Å². The molecule has 0 bridgehead atoms. The maximum atomic E-state index is 14.8. The summed E-state index contributed by atoms with van der Waals surface area (Å²) < 4.78 is 48.0. The van der Waals surface area contributed by atoms with Crippen molar-refractivity contribution in [3.05, 3.63) is 82.7 Å². The predicted octanol–water partition coefficient (Wildman–Crippen LogP) is 4.28. The number of imidazole rings is 1. The van der Waals surface area contributed by atoms with Crippen LogP contribution in [0.25, 0.3) is 27.9 Å². The minimum atomic E-state index is -5.08. The fraction of sp³-hybridized carbons (Fsp3) is 0.167. The van der Waals surface area contributed by atoms with Crippen molar-refractivity contribution in [1.29, 1.82) is 0 Å². The number of rotatable bonds is 4. The number of aryl methyl sites for hydroxylation is 1. The summed E-state index contributed by atoms with van der Waals surface area (Å²) >= 11 is 0. The zero-order valence-electron chi connectivity index (χ0n) is 19.8. The number of benzene rings is 1. The number of pyridine rings is 1. The molecule has 0 aliphatic carbocycles. The van der Waals surface area contributed by atoms with Crippen LogP contribution in [0.1, 0.15) is 24.4 Å². The van der Waals surface area contributed by atoms with Crippen molar-refractivity contribution >= 4 is 28.6 Å². The third-order valence-corrected chi connectivity index (χ3v) is 5.44. The number of aromatic amines is 1. The highest BCUT2D eigenvalue weighted by Crippen LogP contribution is 2.29. The van der Waals surface area contributed by atoms with Crippen LogP contribution >= 0.6 is 0 Å². The molecule has 5 aromatic rings. The molecule has 14 heteroatoms. The summed E-state index contributed by atoms with van der Waals surface area (Å²) in [6.45, 7) is 3.67. The monoisotopic (exact) mass is 529 g/mol. The minimum Gasteiger partial charge on any atom is -0.475 e. The molecule has 0 amide bonds. The molecule has 4 heterocycles. The van der Waals surface area contributed by atoms with Gasteiger partial charge in [-0.2, -0.15) is 13.2 Å². The van der Waals surface area contributed by atoms with E-state index in [1.807, 2.05) is 26.0 Å². The molecule has 0 saturated carbocycles. The molecule has 0 aliphatic rings. The van der Waals surface area contributed by atoms with E-state index >= 15 is 0 Å². The standard InChI is InChI=1S/C22H18FN7O.C2HF3O2/c1-12-6-5-9-16-29-18(13(2)28-21-19-20(25-10-24-19)26-11-27-21)17(22(31)30(12)16)14-7-3-4-8-15(14)23;3-2(4,5)1(6)7/h3-11,13H,1-2H3,(H2,24,25,26,27,28);(H,6,7). The highest BCUT2D eigenvalue weighted by atomic mass is 19.4. The van der Waals surface area contributed by atoms with Gasteiger partial charge in [-0.05, 0) is 32.0 Å². The average Bonchev–Trinajstić information content (AvgIpc) is 3.34. The molecule has 0 aliphatic heterocycles. The van der Waals surface area contributed by atoms with E-state index in [1.165, 1.54) is 23.1 Å². The molecule has 196 valence electrons. The van der Waals surface area contributed by atoms with Gasteiger partial charge in [-0.3, -0.25) is 9.20 Å². The topological polar surface area (TPSA) is 138 Å². The number of nitrogens with one attached hydrogen (secondary N) is 2. The summed E-state index contributed by atoms with van der Waals surface area (Å²) in [5, 5.41) is 10.4. The lowest BCUT2D eigenvalue weighted by molar-refractivity contribution is -0.192. The highest BCUT2D eigenvalue weighted by Gasteiger charge is 2.38. The van der Waals surface area contributed by atoms with Crippen LogP contribution in [0.5, 0.6) is 0 Å². The van der Waals surface area contributed by atoms with Crippen LogP contribution in [0.4, 0.5) is 23.4 Å². The lowest BCUT2D eigenvalue weighted by Gasteiger charge is -2.19. The molecule has 1 atom stereocenters. The van der Waals surface area contributed by atoms with E-state index in [-0.39, 0.29) is 16.7 Å². The lowest BCUT2D eigenvalue weighted by Crippen LogP contribution is -2.24. The van der Waals surface area contributed by atoms with E-state index in [1.54, 1.807) is 24.3 Å². The van der Waals surface area contributed by atoms with Gasteiger partial charge < -0.3 is 15.4 Å². The van der Waals surface area contributed by atoms with Gasteiger partial charge in [-0.25, -0.2) is 29.1 Å². The molecular weight excluding hydrogens is 510 g/mol. The van der Waals surface area contributed by atoms with Crippen molar-refractivity contribution in [2.24, 2.45) is 0 Å². The number of carboxylic acids is 1. The number of hydrogen-bond donors (Lipinski definition) is 3. The lowest BCUT2D eigenvalue weighted by atomic mass is 10.0. The normalized spacial score (nSPS) is 12.2. The predicted molar refractivity (Wildman–Crippen MR) is 129 cm³/mol. The van der Waals surface area contributed by atoms with Crippen molar-refractivity contribution in [2.45, 2.75) is 26.1 Å². The number of aromatic nitrogens is 6. The largest absolute Gasteiger partial charge is 0.490 e. The van der Waals surface area contributed by atoms with Crippen LogP contribution in [-0.4, -0.2) is 46.6 Å². The summed E-state index contributed by atoms with van der Waals surface area (Å²) in [5.74, 6) is -2.73. The number of halogens is 4. The maximum Gasteiger partial charge on any atom is 0.490 e. The second kappa shape index (κ2) is 10.2. The van der Waals surface area contributed by atoms with E-state index in [0.29, 0.717) is 28.3 Å². The van der Waals surface area contributed by atoms with E-state index in [9.17, 15) is 22.4 Å². The van der Waals surface area contributed by atoms with E-state index in [0.717, 1.165) is 5.69 Å². The quantitative estimate of drug-likeness (QED) is 0.293. The van der Waals surface area contributed by atoms with Crippen LogP contribution < -0.4 is 10.9 Å². The second-order valence-corrected chi connectivity index (χ2v) is 8.01. The van der Waals surface area contributed by atoms with Gasteiger partial charge in [-0.1, -0.05) is 24.3 Å². The number of carboxylic acid groups (broad SMARTS) is 1. The van der Waals surface area contributed by atoms with Crippen LogP contribution in [0.15, 0.2) is 59.9 Å². The summed E-state index contributed by atoms with van der Waals surface area (Å²) in [5.41, 5.74) is 2.86. The number of fused-ring (bicyclic) bond motifs is 2. The second-order valence-electron chi connectivity index (χ2n) is 8.01. The molecule has 1 unspecified atom stereocenters. The molecule has 5 rings (SSSR count). The zero-order valence-corrected chi connectivity index (χ0v) is 19.8. The SMILES string of the molecule is Cc1cccc2nc(C(C)Nc3ncnc4nc[nH]c34)c(-c3ccccc3F)c(=O)n12.O=C(O)C(F)(F)F. The smallest absolute Gasteiger partial charge is 0.475 e. The Bertz CT molecular complexity index is 1700. The molecule has 10 nitrogen and oxygen atoms in total. The molecule has 0 fully saturated rings. The summed E-state index contributed by atoms with van der Waals surface area (Å²) in [7, 11) is 0. The number of hydrogen-bond acceptors (Lipinski definition) is 7. The fourth-order valence-corrected chi connectivity index (χ4v) is 3.73. The van der Waals surface area contributed by atoms with E-state index in [4.69, 9.17) is 14.9 Å². The number of alkyl halides is 3. The summed E-state index contributed by atoms with van der Waals surface area (Å²) in [6, 6.07) is 11.2. The minimum absolute atomic E-state index is 0.204. The number of H-pyrrole nitrogens is 1. The maximum absolute atomic E-state index is 14.8. The van der Waals surface area contributed by atoms with Crippen LogP contribution in [0, 0.1) is 12.7 Å². The van der Waals surface area contributed by atoms with Gasteiger partial charge in [0.15, 0.2) is 11.5 Å². The van der Waals surface area contributed by atoms with Gasteiger partial charge >= 0.3 is 12.1 Å². The van der Waals surface area contributed by atoms with E-state index < -0.39 is 24.0 Å². The Morgan fingerprint density at radius 3 is 2.50 bits per heavy atom. The Balaban J connectivity index is 0.000000426. The third kappa shape index (κ3) is 5.14. The number of carbonyl (C=O) groups is 1. The van der Waals surface area contributed by atoms with Crippen molar-refractivity contribution in [3.63, 3.8) is 0 Å². The molecule has 38 heavy (non-hydrogen) atoms. The van der Waals surface area contributed by atoms with Crippen molar-refractivity contribution < 1.29 is 27.5 Å². The zero-order chi connectivity index (χ0) is 27.6. The molecule has 0 saturated heterocycles. The van der Waals surface area contributed by atoms with Gasteiger partial charge in [0.1, 0.15) is 23.3 Å². The average molecular weight is 529 g/mol. The third-order valence-electron chi connectivity index (χ3n) is 5.44. The molecule has 1 aromatic carbocycles. The highest BCUT2D eigenvalue weighted by molar-refractivity contribution is 5.82. The first kappa shape index (κ1) is 26.2. The van der Waals surface area contributed by atoms with Crippen LogP contribution in [0.3, 0.4) is 0 Å². The van der Waals surface area contributed by atoms with Crippen molar-refractivity contribution in [1.82, 2.24) is 29.3 Å². The van der Waals surface area contributed by atoms with Gasteiger partial charge in [0.05, 0.1) is 23.6 Å². The van der Waals surface area contributed by atoms with Crippen molar-refractivity contribution in [2.75, 3.05) is 5.32 Å². The Hall–Kier alpha value is -4.88. The fourth-order valence-electron chi connectivity index (χ4n) is 3.73. The molecule has 4 aromatic heterocycles. The first-order valence-electron chi connectivity index (χ1n) is 11.0. The van der Waals surface area contributed by atoms with Crippen LogP contribution in [0.2, 0.25) is 0 Å². The molecule has 0 radical (unpaired) electrons. The van der Waals surface area contributed by atoms with Crippen LogP contribution in [-0.2, 0) is 4.79 Å². The van der Waals surface area contributed by atoms with Gasteiger partial charge in [0, 0.05) is 11.3 Å². The van der Waals surface area contributed by atoms with Gasteiger partial charge in [0.25, 0.3) is 5.56 Å². The molecule has 0 spiro atoms. The Kier molecular flexibility index (Phi) is 7.06. The number of anilines is 1. The summed E-state index contributed by atoms with van der Waals surface area (Å²) in [6.07, 6.45) is -2.15. The number of nitrogens with zero attached hydrogens (tertiary/aromatic N) is 5. The number of aliphatic carboxylic acids is 1. The molecular formula is C24H19F4N7O3. The van der Waals surface area contributed by atoms with Gasteiger partial charge in [0.2, 0.25) is 0 Å². The van der Waals surface area contributed by atoms with Crippen molar-refractivity contribution in [3.8, 4) is 11.1 Å². The summed E-state index contributed by atoms with van der Waals surface area (Å²) in [4.78, 5) is 42.7. The Morgan fingerprint density at radius 1 is 1.11 bits per heavy atom. The molecule has 3 N–H and O–H groups in total. The Morgan fingerprint density at radius 2 is 1.82 bits per heavy atom. The van der Waals surface area contributed by atoms with E-state index in [2.05, 4.69) is 25.3 Å². The first-order chi connectivity index (χ1) is 18.0.